The Balaban J connectivity index is 1.78. The average molecular weight is 323 g/mol. The van der Waals surface area contributed by atoms with Gasteiger partial charge in [-0.25, -0.2) is 0 Å². The van der Waals surface area contributed by atoms with Crippen LogP contribution in [0, 0.1) is 0 Å². The molecular weight excluding hydrogens is 306 g/mol. The second kappa shape index (κ2) is 5.45. The van der Waals surface area contributed by atoms with Gasteiger partial charge in [0.25, 0.3) is 0 Å². The number of rotatable bonds is 2. The molecule has 1 aliphatic rings. The summed E-state index contributed by atoms with van der Waals surface area (Å²) < 4.78 is 2.30. The molecule has 0 saturated carbocycles. The fourth-order valence-electron chi connectivity index (χ4n) is 3.92. The molecule has 1 aromatic heterocycles. The molecule has 2 heteroatoms. The van der Waals surface area contributed by atoms with Crippen molar-refractivity contribution < 1.29 is 4.79 Å². The van der Waals surface area contributed by atoms with Gasteiger partial charge in [0.05, 0.1) is 0 Å². The Bertz CT molecular complexity index is 1110. The van der Waals surface area contributed by atoms with E-state index in [-0.39, 0.29) is 5.78 Å². The molecule has 4 aromatic rings. The van der Waals surface area contributed by atoms with Crippen LogP contribution in [0.25, 0.3) is 22.0 Å². The first kappa shape index (κ1) is 14.2. The molecular formula is C23H17NO. The van der Waals surface area contributed by atoms with Crippen LogP contribution in [-0.4, -0.2) is 10.4 Å². The van der Waals surface area contributed by atoms with E-state index in [9.17, 15) is 4.79 Å². The van der Waals surface area contributed by atoms with Crippen LogP contribution < -0.4 is 0 Å². The van der Waals surface area contributed by atoms with Gasteiger partial charge in [-0.05, 0) is 22.8 Å². The van der Waals surface area contributed by atoms with Gasteiger partial charge in [-0.2, -0.15) is 0 Å². The Morgan fingerprint density at radius 1 is 0.760 bits per heavy atom. The Kier molecular flexibility index (Phi) is 3.10. The van der Waals surface area contributed by atoms with Gasteiger partial charge in [0.2, 0.25) is 0 Å². The summed E-state index contributed by atoms with van der Waals surface area (Å²) in [6, 6.07) is 24.8. The molecule has 0 saturated heterocycles. The van der Waals surface area contributed by atoms with Gasteiger partial charge < -0.3 is 4.57 Å². The maximum Gasteiger partial charge on any atom is 0.167 e. The van der Waals surface area contributed by atoms with Crippen LogP contribution in [0.3, 0.4) is 0 Å². The predicted molar refractivity (Wildman–Crippen MR) is 101 cm³/mol. The lowest BCUT2D eigenvalue weighted by Gasteiger charge is -2.07. The van der Waals surface area contributed by atoms with Gasteiger partial charge in [0, 0.05) is 41.2 Å². The van der Waals surface area contributed by atoms with E-state index in [1.807, 2.05) is 24.3 Å². The van der Waals surface area contributed by atoms with Gasteiger partial charge in [0.1, 0.15) is 0 Å². The summed E-state index contributed by atoms with van der Waals surface area (Å²) in [5.41, 5.74) is 6.65. The van der Waals surface area contributed by atoms with Crippen LogP contribution in [0.5, 0.6) is 0 Å². The highest BCUT2D eigenvalue weighted by Crippen LogP contribution is 2.38. The number of carbonyl (C=O) groups excluding carboxylic acids is 1. The molecule has 0 fully saturated rings. The van der Waals surface area contributed by atoms with E-state index in [2.05, 4.69) is 59.3 Å². The largest absolute Gasteiger partial charge is 0.342 e. The van der Waals surface area contributed by atoms with Crippen molar-refractivity contribution in [2.24, 2.45) is 0 Å². The molecule has 120 valence electrons. The molecule has 0 spiro atoms. The highest BCUT2D eigenvalue weighted by molar-refractivity contribution is 6.12. The maximum atomic E-state index is 12.7. The number of hydrogen-bond donors (Lipinski definition) is 0. The van der Waals surface area contributed by atoms with Gasteiger partial charge >= 0.3 is 0 Å². The van der Waals surface area contributed by atoms with Gasteiger partial charge in [-0.15, -0.1) is 0 Å². The van der Waals surface area contributed by atoms with Crippen molar-refractivity contribution in [3.8, 4) is 11.1 Å². The molecule has 0 bridgehead atoms. The molecule has 1 heterocycles. The number of Topliss-reactive ketones (excluding diaryl/α,β-unsaturated/α-hetero) is 1. The number of nitrogens with zero attached hydrogens (tertiary/aromatic N) is 1. The smallest absolute Gasteiger partial charge is 0.167 e. The SMILES string of the molecule is O=C1Cc2cccc3c2c(cn3Cc2ccccc2)-c2ccccc21. The standard InChI is InChI=1S/C23H17NO/c25-22-13-17-9-6-12-21-23(17)20(18-10-4-5-11-19(18)22)15-24(21)14-16-7-2-1-3-8-16/h1-12,15H,13-14H2. The maximum absolute atomic E-state index is 12.7. The molecule has 0 amide bonds. The third-order valence-electron chi connectivity index (χ3n) is 5.06. The third-order valence-corrected chi connectivity index (χ3v) is 5.06. The first-order valence-electron chi connectivity index (χ1n) is 8.58. The number of fused-ring (bicyclic) bond motifs is 2. The second-order valence-corrected chi connectivity index (χ2v) is 6.61. The van der Waals surface area contributed by atoms with Crippen molar-refractivity contribution in [2.75, 3.05) is 0 Å². The van der Waals surface area contributed by atoms with Crippen molar-refractivity contribution in [3.05, 3.63) is 95.7 Å². The van der Waals surface area contributed by atoms with Crippen molar-refractivity contribution >= 4 is 16.7 Å². The molecule has 1 aliphatic carbocycles. The Morgan fingerprint density at radius 3 is 2.36 bits per heavy atom. The molecule has 3 aromatic carbocycles. The van der Waals surface area contributed by atoms with Crippen LogP contribution in [0.2, 0.25) is 0 Å². The quantitative estimate of drug-likeness (QED) is 0.503. The Morgan fingerprint density at radius 2 is 1.52 bits per heavy atom. The fraction of sp³-hybridized carbons (Fsp3) is 0.0870. The Hall–Kier alpha value is -3.13. The van der Waals surface area contributed by atoms with E-state index in [1.165, 1.54) is 22.0 Å². The van der Waals surface area contributed by atoms with Crippen LogP contribution in [0.4, 0.5) is 0 Å². The van der Waals surface area contributed by atoms with E-state index < -0.39 is 0 Å². The molecule has 0 atom stereocenters. The van der Waals surface area contributed by atoms with E-state index in [0.29, 0.717) is 6.42 Å². The summed E-state index contributed by atoms with van der Waals surface area (Å²) in [6.45, 7) is 0.830. The van der Waals surface area contributed by atoms with Gasteiger partial charge in [-0.3, -0.25) is 4.79 Å². The van der Waals surface area contributed by atoms with E-state index in [1.54, 1.807) is 0 Å². The van der Waals surface area contributed by atoms with Crippen LogP contribution in [0.1, 0.15) is 21.5 Å². The third kappa shape index (κ3) is 2.22. The summed E-state index contributed by atoms with van der Waals surface area (Å²) in [5.74, 6) is 0.203. The highest BCUT2D eigenvalue weighted by atomic mass is 16.1. The normalized spacial score (nSPS) is 12.9. The Labute approximate surface area is 146 Å². The number of hydrogen-bond acceptors (Lipinski definition) is 1. The van der Waals surface area contributed by atoms with Crippen molar-refractivity contribution in [3.63, 3.8) is 0 Å². The van der Waals surface area contributed by atoms with Crippen LogP contribution >= 0.6 is 0 Å². The van der Waals surface area contributed by atoms with Gasteiger partial charge in [0.15, 0.2) is 5.78 Å². The molecule has 2 nitrogen and oxygen atoms in total. The van der Waals surface area contributed by atoms with E-state index in [0.717, 1.165) is 23.2 Å². The molecule has 0 N–H and O–H groups in total. The van der Waals surface area contributed by atoms with Crippen LogP contribution in [0.15, 0.2) is 79.0 Å². The van der Waals surface area contributed by atoms with E-state index >= 15 is 0 Å². The summed E-state index contributed by atoms with van der Waals surface area (Å²) in [7, 11) is 0. The number of benzene rings is 3. The van der Waals surface area contributed by atoms with Crippen molar-refractivity contribution in [2.45, 2.75) is 13.0 Å². The molecule has 0 radical (unpaired) electrons. The van der Waals surface area contributed by atoms with Gasteiger partial charge in [-0.1, -0.05) is 66.7 Å². The zero-order chi connectivity index (χ0) is 16.8. The minimum Gasteiger partial charge on any atom is -0.342 e. The van der Waals surface area contributed by atoms with Crippen LogP contribution in [-0.2, 0) is 13.0 Å². The molecule has 0 unspecified atom stereocenters. The highest BCUT2D eigenvalue weighted by Gasteiger charge is 2.23. The summed E-state index contributed by atoms with van der Waals surface area (Å²) in [4.78, 5) is 12.7. The zero-order valence-electron chi connectivity index (χ0n) is 13.8. The summed E-state index contributed by atoms with van der Waals surface area (Å²) in [5, 5.41) is 1.22. The van der Waals surface area contributed by atoms with Crippen molar-refractivity contribution in [1.82, 2.24) is 4.57 Å². The first-order valence-corrected chi connectivity index (χ1v) is 8.58. The summed E-state index contributed by atoms with van der Waals surface area (Å²) in [6.07, 6.45) is 2.68. The first-order chi connectivity index (χ1) is 12.3. The minimum absolute atomic E-state index is 0.203. The predicted octanol–water partition coefficient (Wildman–Crippen LogP) is 5.10. The number of ketones is 1. The second-order valence-electron chi connectivity index (χ2n) is 6.61. The molecule has 0 aliphatic heterocycles. The average Bonchev–Trinajstić information content (AvgIpc) is 2.96. The lowest BCUT2D eigenvalue weighted by atomic mass is 10.00. The zero-order valence-corrected chi connectivity index (χ0v) is 13.8. The molecule has 5 rings (SSSR count). The molecule has 25 heavy (non-hydrogen) atoms. The lowest BCUT2D eigenvalue weighted by Crippen LogP contribution is -2.04. The number of carbonyl (C=O) groups is 1. The monoisotopic (exact) mass is 323 g/mol. The summed E-state index contributed by atoms with van der Waals surface area (Å²) >= 11 is 0. The van der Waals surface area contributed by atoms with Crippen molar-refractivity contribution in [1.29, 1.82) is 0 Å². The topological polar surface area (TPSA) is 22.0 Å². The number of aromatic nitrogens is 1. The van der Waals surface area contributed by atoms with E-state index in [4.69, 9.17) is 0 Å². The lowest BCUT2D eigenvalue weighted by molar-refractivity contribution is 0.0994. The fourth-order valence-corrected chi connectivity index (χ4v) is 3.92. The minimum atomic E-state index is 0.203.